The van der Waals surface area contributed by atoms with Gasteiger partial charge in [-0.2, -0.15) is 13.2 Å². The number of benzene rings is 1. The molecule has 0 aliphatic heterocycles. The van der Waals surface area contributed by atoms with Crippen molar-refractivity contribution in [2.45, 2.75) is 6.18 Å². The Morgan fingerprint density at radius 1 is 1.24 bits per heavy atom. The smallest absolute Gasteiger partial charge is 0.398 e. The van der Waals surface area contributed by atoms with Crippen LogP contribution in [0, 0.1) is 5.82 Å². The maximum absolute atomic E-state index is 13.3. The Kier molecular flexibility index (Phi) is 3.79. The predicted molar refractivity (Wildman–Crippen MR) is 68.0 cm³/mol. The lowest BCUT2D eigenvalue weighted by atomic mass is 10.1. The number of nitrogens with one attached hydrogen (secondary N) is 1. The Labute approximate surface area is 116 Å². The van der Waals surface area contributed by atoms with Gasteiger partial charge in [-0.15, -0.1) is 0 Å². The maximum atomic E-state index is 13.3. The van der Waals surface area contributed by atoms with Crippen LogP contribution in [-0.4, -0.2) is 10.9 Å². The lowest BCUT2D eigenvalue weighted by molar-refractivity contribution is -0.137. The van der Waals surface area contributed by atoms with Crippen LogP contribution in [0.1, 0.15) is 15.9 Å². The molecule has 0 saturated heterocycles. The molecule has 0 fully saturated rings. The zero-order valence-corrected chi connectivity index (χ0v) is 10.4. The van der Waals surface area contributed by atoms with E-state index in [0.717, 1.165) is 18.3 Å². The van der Waals surface area contributed by atoms with Crippen molar-refractivity contribution in [2.24, 2.45) is 0 Å². The molecule has 0 unspecified atom stereocenters. The standard InChI is InChI=1S/C13H9F4N3O/c14-9-6-19-4-3-11(9)20-12(21)8-5-7(13(15,16)17)1-2-10(8)18/h1-6H,18H2,(H,19,20,21). The van der Waals surface area contributed by atoms with Crippen molar-refractivity contribution in [3.05, 3.63) is 53.6 Å². The van der Waals surface area contributed by atoms with Crippen LogP contribution in [0.25, 0.3) is 0 Å². The fourth-order valence-electron chi connectivity index (χ4n) is 1.60. The van der Waals surface area contributed by atoms with Gasteiger partial charge in [-0.1, -0.05) is 0 Å². The van der Waals surface area contributed by atoms with E-state index < -0.39 is 23.5 Å². The van der Waals surface area contributed by atoms with E-state index >= 15 is 0 Å². The van der Waals surface area contributed by atoms with E-state index in [1.807, 2.05) is 0 Å². The van der Waals surface area contributed by atoms with Gasteiger partial charge in [-0.3, -0.25) is 9.78 Å². The van der Waals surface area contributed by atoms with Crippen LogP contribution in [0.15, 0.2) is 36.7 Å². The number of aromatic nitrogens is 1. The Hall–Kier alpha value is -2.64. The molecule has 21 heavy (non-hydrogen) atoms. The van der Waals surface area contributed by atoms with Gasteiger partial charge in [0.1, 0.15) is 0 Å². The number of pyridine rings is 1. The normalized spacial score (nSPS) is 11.2. The van der Waals surface area contributed by atoms with Crippen molar-refractivity contribution >= 4 is 17.3 Å². The Bertz CT molecular complexity index is 685. The molecule has 3 N–H and O–H groups in total. The molecule has 0 saturated carbocycles. The van der Waals surface area contributed by atoms with Gasteiger partial charge >= 0.3 is 6.18 Å². The fourth-order valence-corrected chi connectivity index (χ4v) is 1.60. The van der Waals surface area contributed by atoms with Gasteiger partial charge in [0.25, 0.3) is 5.91 Å². The zero-order chi connectivity index (χ0) is 15.6. The second-order valence-corrected chi connectivity index (χ2v) is 4.11. The van der Waals surface area contributed by atoms with Gasteiger partial charge in [0.05, 0.1) is 23.0 Å². The number of rotatable bonds is 2. The van der Waals surface area contributed by atoms with Gasteiger partial charge in [-0.05, 0) is 24.3 Å². The quantitative estimate of drug-likeness (QED) is 0.661. The van der Waals surface area contributed by atoms with Crippen molar-refractivity contribution in [3.63, 3.8) is 0 Å². The number of alkyl halides is 3. The number of hydrogen-bond acceptors (Lipinski definition) is 3. The average Bonchev–Trinajstić information content (AvgIpc) is 2.40. The minimum atomic E-state index is -4.61. The van der Waals surface area contributed by atoms with E-state index in [-0.39, 0.29) is 16.9 Å². The molecule has 0 spiro atoms. The second-order valence-electron chi connectivity index (χ2n) is 4.11. The highest BCUT2D eigenvalue weighted by Gasteiger charge is 2.31. The van der Waals surface area contributed by atoms with Crippen molar-refractivity contribution in [2.75, 3.05) is 11.1 Å². The second kappa shape index (κ2) is 5.39. The summed E-state index contributed by atoms with van der Waals surface area (Å²) in [5.41, 5.74) is 3.74. The van der Waals surface area contributed by atoms with E-state index in [1.54, 1.807) is 0 Å². The third-order valence-electron chi connectivity index (χ3n) is 2.65. The highest BCUT2D eigenvalue weighted by molar-refractivity contribution is 6.07. The first-order valence-corrected chi connectivity index (χ1v) is 5.66. The van der Waals surface area contributed by atoms with Crippen LogP contribution >= 0.6 is 0 Å². The lowest BCUT2D eigenvalue weighted by Crippen LogP contribution is -2.16. The summed E-state index contributed by atoms with van der Waals surface area (Å²) in [5.74, 6) is -1.75. The molecule has 0 aliphatic rings. The molecular weight excluding hydrogens is 290 g/mol. The Morgan fingerprint density at radius 2 is 1.95 bits per heavy atom. The monoisotopic (exact) mass is 299 g/mol. The molecule has 110 valence electrons. The molecule has 1 aromatic carbocycles. The number of amides is 1. The summed E-state index contributed by atoms with van der Waals surface area (Å²) in [7, 11) is 0. The average molecular weight is 299 g/mol. The summed E-state index contributed by atoms with van der Waals surface area (Å²) in [6, 6.07) is 3.53. The summed E-state index contributed by atoms with van der Waals surface area (Å²) < 4.78 is 51.2. The summed E-state index contributed by atoms with van der Waals surface area (Å²) in [6.07, 6.45) is -2.51. The Balaban J connectivity index is 2.33. The maximum Gasteiger partial charge on any atom is 0.416 e. The number of nitrogens with zero attached hydrogens (tertiary/aromatic N) is 1. The first kappa shape index (κ1) is 14.8. The zero-order valence-electron chi connectivity index (χ0n) is 10.4. The minimum absolute atomic E-state index is 0.144. The van der Waals surface area contributed by atoms with Gasteiger partial charge in [0, 0.05) is 11.9 Å². The first-order valence-electron chi connectivity index (χ1n) is 5.66. The minimum Gasteiger partial charge on any atom is -0.398 e. The number of nitrogen functional groups attached to an aromatic ring is 1. The molecule has 0 atom stereocenters. The number of halogens is 4. The van der Waals surface area contributed by atoms with Gasteiger partial charge in [-0.25, -0.2) is 4.39 Å². The van der Waals surface area contributed by atoms with E-state index in [1.165, 1.54) is 12.3 Å². The van der Waals surface area contributed by atoms with Gasteiger partial charge in [0.15, 0.2) is 5.82 Å². The number of anilines is 2. The highest BCUT2D eigenvalue weighted by Crippen LogP contribution is 2.31. The molecule has 2 rings (SSSR count). The Morgan fingerprint density at radius 3 is 2.57 bits per heavy atom. The van der Waals surface area contributed by atoms with E-state index in [0.29, 0.717) is 6.07 Å². The molecule has 0 aliphatic carbocycles. The summed E-state index contributed by atoms with van der Waals surface area (Å²) in [4.78, 5) is 15.4. The van der Waals surface area contributed by atoms with E-state index in [4.69, 9.17) is 5.73 Å². The van der Waals surface area contributed by atoms with Gasteiger partial charge < -0.3 is 11.1 Å². The van der Waals surface area contributed by atoms with Crippen LogP contribution in [0.5, 0.6) is 0 Å². The number of hydrogen-bond donors (Lipinski definition) is 2. The first-order chi connectivity index (χ1) is 9.79. The van der Waals surface area contributed by atoms with Crippen LogP contribution in [0.4, 0.5) is 28.9 Å². The molecular formula is C13H9F4N3O. The summed E-state index contributed by atoms with van der Waals surface area (Å²) in [6.45, 7) is 0. The molecule has 1 heterocycles. The van der Waals surface area contributed by atoms with Crippen molar-refractivity contribution in [1.29, 1.82) is 0 Å². The van der Waals surface area contributed by atoms with Crippen LogP contribution < -0.4 is 11.1 Å². The molecule has 1 aromatic heterocycles. The van der Waals surface area contributed by atoms with E-state index in [9.17, 15) is 22.4 Å². The summed E-state index contributed by atoms with van der Waals surface area (Å²) in [5, 5.41) is 2.14. The van der Waals surface area contributed by atoms with Gasteiger partial charge in [0.2, 0.25) is 0 Å². The van der Waals surface area contributed by atoms with E-state index in [2.05, 4.69) is 10.3 Å². The third-order valence-corrected chi connectivity index (χ3v) is 2.65. The van der Waals surface area contributed by atoms with Crippen LogP contribution in [-0.2, 0) is 6.18 Å². The lowest BCUT2D eigenvalue weighted by Gasteiger charge is -2.11. The number of nitrogens with two attached hydrogens (primary N) is 1. The molecule has 0 radical (unpaired) electrons. The molecule has 8 heteroatoms. The molecule has 4 nitrogen and oxygen atoms in total. The largest absolute Gasteiger partial charge is 0.416 e. The fraction of sp³-hybridized carbons (Fsp3) is 0.0769. The highest BCUT2D eigenvalue weighted by atomic mass is 19.4. The predicted octanol–water partition coefficient (Wildman–Crippen LogP) is 3.07. The third kappa shape index (κ3) is 3.28. The SMILES string of the molecule is Nc1ccc(C(F)(F)F)cc1C(=O)Nc1ccncc1F. The molecule has 1 amide bonds. The topological polar surface area (TPSA) is 68.0 Å². The van der Waals surface area contributed by atoms with Crippen LogP contribution in [0.2, 0.25) is 0 Å². The van der Waals surface area contributed by atoms with Crippen molar-refractivity contribution < 1.29 is 22.4 Å². The van der Waals surface area contributed by atoms with Crippen molar-refractivity contribution in [3.8, 4) is 0 Å². The van der Waals surface area contributed by atoms with Crippen LogP contribution in [0.3, 0.4) is 0 Å². The number of carbonyl (C=O) groups is 1. The molecule has 2 aromatic rings. The number of carbonyl (C=O) groups excluding carboxylic acids is 1. The molecule has 0 bridgehead atoms. The van der Waals surface area contributed by atoms with Crippen molar-refractivity contribution in [1.82, 2.24) is 4.98 Å². The summed E-state index contributed by atoms with van der Waals surface area (Å²) >= 11 is 0.